The van der Waals surface area contributed by atoms with Gasteiger partial charge in [-0.15, -0.1) is 0 Å². The normalized spacial score (nSPS) is 23.4. The topological polar surface area (TPSA) is 66.8 Å². The molecule has 1 saturated heterocycles. The number of hydrogen-bond acceptors (Lipinski definition) is 3. The van der Waals surface area contributed by atoms with E-state index in [0.717, 1.165) is 30.4 Å². The largest absolute Gasteiger partial charge is 0.480 e. The summed E-state index contributed by atoms with van der Waals surface area (Å²) in [5.74, 6) is -0.511. The summed E-state index contributed by atoms with van der Waals surface area (Å²) < 4.78 is 5.74. The van der Waals surface area contributed by atoms with Crippen LogP contribution in [0, 0.1) is 5.92 Å². The third kappa shape index (κ3) is 2.77. The Hall–Kier alpha value is -2.82. The molecule has 2 atom stereocenters. The molecular formula is C23H23NO4. The highest BCUT2D eigenvalue weighted by molar-refractivity contribution is 5.82. The maximum absolute atomic E-state index is 12.9. The van der Waals surface area contributed by atoms with Crippen molar-refractivity contribution >= 4 is 12.1 Å². The number of carboxylic acids is 1. The Bertz CT molecular complexity index is 890. The molecule has 28 heavy (non-hydrogen) atoms. The third-order valence-electron chi connectivity index (χ3n) is 6.43. The average Bonchev–Trinajstić information content (AvgIpc) is 3.37. The highest BCUT2D eigenvalue weighted by atomic mass is 16.6. The number of benzene rings is 2. The van der Waals surface area contributed by atoms with E-state index in [1.54, 1.807) is 0 Å². The molecule has 0 unspecified atom stereocenters. The van der Waals surface area contributed by atoms with Crippen LogP contribution in [0.5, 0.6) is 0 Å². The molecule has 1 saturated carbocycles. The fourth-order valence-electron chi connectivity index (χ4n) is 4.96. The summed E-state index contributed by atoms with van der Waals surface area (Å²) in [7, 11) is 0. The van der Waals surface area contributed by atoms with Crippen molar-refractivity contribution in [2.24, 2.45) is 5.92 Å². The molecule has 3 aliphatic rings. The quantitative estimate of drug-likeness (QED) is 0.864. The van der Waals surface area contributed by atoms with Gasteiger partial charge < -0.3 is 9.84 Å². The number of likely N-dealkylation sites (tertiary alicyclic amines) is 1. The minimum absolute atomic E-state index is 0.0109. The monoisotopic (exact) mass is 377 g/mol. The van der Waals surface area contributed by atoms with Crippen LogP contribution in [0.25, 0.3) is 11.1 Å². The van der Waals surface area contributed by atoms with Gasteiger partial charge in [-0.25, -0.2) is 9.59 Å². The van der Waals surface area contributed by atoms with Crippen LogP contribution in [-0.4, -0.2) is 40.8 Å². The Morgan fingerprint density at radius 1 is 0.929 bits per heavy atom. The minimum atomic E-state index is -0.934. The van der Waals surface area contributed by atoms with E-state index in [0.29, 0.717) is 12.3 Å². The van der Waals surface area contributed by atoms with Crippen LogP contribution in [0.2, 0.25) is 0 Å². The third-order valence-corrected chi connectivity index (χ3v) is 6.43. The van der Waals surface area contributed by atoms with Gasteiger partial charge in [0, 0.05) is 12.0 Å². The fourth-order valence-corrected chi connectivity index (χ4v) is 4.96. The van der Waals surface area contributed by atoms with E-state index in [4.69, 9.17) is 4.74 Å². The zero-order valence-corrected chi connectivity index (χ0v) is 15.6. The van der Waals surface area contributed by atoms with E-state index in [1.165, 1.54) is 16.0 Å². The second-order valence-corrected chi connectivity index (χ2v) is 8.05. The number of carbonyl (C=O) groups excluding carboxylic acids is 1. The summed E-state index contributed by atoms with van der Waals surface area (Å²) >= 11 is 0. The standard InChI is InChI=1S/C23H23NO4/c25-22(26)21-12-11-20(14-9-10-14)24(21)23(27)28-13-19-17-7-3-1-5-15(17)16-6-2-4-8-18(16)19/h1-8,14,19-21H,9-13H2,(H,25,26)/t20-,21-/m0/s1. The molecule has 0 bridgehead atoms. The first-order valence-electron chi connectivity index (χ1n) is 10.0. The zero-order chi connectivity index (χ0) is 19.3. The lowest BCUT2D eigenvalue weighted by molar-refractivity contribution is -0.142. The van der Waals surface area contributed by atoms with Crippen molar-refractivity contribution in [1.29, 1.82) is 0 Å². The van der Waals surface area contributed by atoms with E-state index >= 15 is 0 Å². The number of nitrogens with zero attached hydrogens (tertiary/aromatic N) is 1. The Labute approximate surface area is 163 Å². The first-order valence-corrected chi connectivity index (χ1v) is 10.0. The van der Waals surface area contributed by atoms with Gasteiger partial charge >= 0.3 is 12.1 Å². The van der Waals surface area contributed by atoms with E-state index in [1.807, 2.05) is 24.3 Å². The number of aliphatic carboxylic acids is 1. The van der Waals surface area contributed by atoms with Crippen molar-refractivity contribution in [3.63, 3.8) is 0 Å². The second kappa shape index (κ2) is 6.66. The Morgan fingerprint density at radius 3 is 2.11 bits per heavy atom. The van der Waals surface area contributed by atoms with E-state index in [9.17, 15) is 14.7 Å². The van der Waals surface area contributed by atoms with Crippen LogP contribution in [0.1, 0.15) is 42.7 Å². The Kier molecular flexibility index (Phi) is 4.11. The number of amides is 1. The smallest absolute Gasteiger partial charge is 0.410 e. The zero-order valence-electron chi connectivity index (χ0n) is 15.6. The number of rotatable bonds is 4. The van der Waals surface area contributed by atoms with Crippen molar-refractivity contribution in [3.8, 4) is 11.1 Å². The lowest BCUT2D eigenvalue weighted by Gasteiger charge is -2.28. The van der Waals surface area contributed by atoms with E-state index < -0.39 is 18.1 Å². The predicted molar refractivity (Wildman–Crippen MR) is 104 cm³/mol. The molecular weight excluding hydrogens is 354 g/mol. The number of ether oxygens (including phenoxy) is 1. The highest BCUT2D eigenvalue weighted by Gasteiger charge is 2.48. The maximum Gasteiger partial charge on any atom is 0.410 e. The van der Waals surface area contributed by atoms with Gasteiger partial charge in [0.1, 0.15) is 12.6 Å². The molecule has 1 aliphatic heterocycles. The molecule has 0 spiro atoms. The first kappa shape index (κ1) is 17.3. The summed E-state index contributed by atoms with van der Waals surface area (Å²) in [6.45, 7) is 0.229. The molecule has 5 rings (SSSR count). The molecule has 1 heterocycles. The lowest BCUT2D eigenvalue weighted by atomic mass is 9.98. The molecule has 1 N–H and O–H groups in total. The van der Waals surface area contributed by atoms with Crippen LogP contribution in [0.3, 0.4) is 0 Å². The van der Waals surface area contributed by atoms with Gasteiger partial charge in [0.2, 0.25) is 0 Å². The van der Waals surface area contributed by atoms with Crippen LogP contribution in [0.4, 0.5) is 4.79 Å². The molecule has 5 nitrogen and oxygen atoms in total. The van der Waals surface area contributed by atoms with Gasteiger partial charge in [0.25, 0.3) is 0 Å². The Morgan fingerprint density at radius 2 is 1.54 bits per heavy atom. The van der Waals surface area contributed by atoms with Crippen LogP contribution in [-0.2, 0) is 9.53 Å². The van der Waals surface area contributed by atoms with E-state index in [-0.39, 0.29) is 18.6 Å². The highest BCUT2D eigenvalue weighted by Crippen LogP contribution is 2.45. The summed E-state index contributed by atoms with van der Waals surface area (Å²) in [6, 6.07) is 15.6. The molecule has 2 aromatic carbocycles. The van der Waals surface area contributed by atoms with E-state index in [2.05, 4.69) is 24.3 Å². The molecule has 2 aromatic rings. The minimum Gasteiger partial charge on any atom is -0.480 e. The van der Waals surface area contributed by atoms with Gasteiger partial charge in [-0.2, -0.15) is 0 Å². The summed E-state index contributed by atoms with van der Waals surface area (Å²) in [6.07, 6.45) is 2.93. The van der Waals surface area contributed by atoms with Crippen molar-refractivity contribution in [2.75, 3.05) is 6.61 Å². The SMILES string of the molecule is O=C(O)[C@@H]1CC[C@@H](C2CC2)N1C(=O)OCC1c2ccccc2-c2ccccc21. The molecule has 2 aliphatic carbocycles. The van der Waals surface area contributed by atoms with Crippen molar-refractivity contribution in [3.05, 3.63) is 59.7 Å². The van der Waals surface area contributed by atoms with Crippen molar-refractivity contribution < 1.29 is 19.4 Å². The molecule has 0 radical (unpaired) electrons. The summed E-state index contributed by atoms with van der Waals surface area (Å²) in [5, 5.41) is 9.54. The fraction of sp³-hybridized carbons (Fsp3) is 0.391. The van der Waals surface area contributed by atoms with Gasteiger partial charge in [0.15, 0.2) is 0 Å². The molecule has 5 heteroatoms. The molecule has 144 valence electrons. The summed E-state index contributed by atoms with van der Waals surface area (Å²) in [4.78, 5) is 26.1. The lowest BCUT2D eigenvalue weighted by Crippen LogP contribution is -2.46. The van der Waals surface area contributed by atoms with Gasteiger partial charge in [-0.3, -0.25) is 4.90 Å². The average molecular weight is 377 g/mol. The van der Waals surface area contributed by atoms with Gasteiger partial charge in [0.05, 0.1) is 0 Å². The Balaban J connectivity index is 1.37. The number of fused-ring (bicyclic) bond motifs is 3. The number of hydrogen-bond donors (Lipinski definition) is 1. The maximum atomic E-state index is 12.9. The van der Waals surface area contributed by atoms with Crippen LogP contribution >= 0.6 is 0 Å². The molecule has 1 amide bonds. The van der Waals surface area contributed by atoms with Crippen molar-refractivity contribution in [2.45, 2.75) is 43.7 Å². The molecule has 2 fully saturated rings. The first-order chi connectivity index (χ1) is 13.6. The second-order valence-electron chi connectivity index (χ2n) is 8.05. The van der Waals surface area contributed by atoms with Gasteiger partial charge in [-0.1, -0.05) is 48.5 Å². The van der Waals surface area contributed by atoms with Crippen molar-refractivity contribution in [1.82, 2.24) is 4.90 Å². The number of carboxylic acid groups (broad SMARTS) is 1. The van der Waals surface area contributed by atoms with Crippen LogP contribution < -0.4 is 0 Å². The summed E-state index contributed by atoms with van der Waals surface area (Å²) in [5.41, 5.74) is 4.68. The predicted octanol–water partition coefficient (Wildman–Crippen LogP) is 4.26. The van der Waals surface area contributed by atoms with Crippen LogP contribution in [0.15, 0.2) is 48.5 Å². The van der Waals surface area contributed by atoms with Gasteiger partial charge in [-0.05, 0) is 53.9 Å². The number of carbonyl (C=O) groups is 2. The molecule has 0 aromatic heterocycles.